The number of carbonyl (C=O) groups excluding carboxylic acids is 1. The van der Waals surface area contributed by atoms with Gasteiger partial charge in [0.15, 0.2) is 0 Å². The SMILES string of the molecule is O=C(N/C=C/c1ccccc1)N1CCN(CCO)CC1. The number of hydrogen-bond acceptors (Lipinski definition) is 3. The topological polar surface area (TPSA) is 55.8 Å². The molecule has 0 aromatic heterocycles. The Morgan fingerprint density at radius 2 is 1.90 bits per heavy atom. The van der Waals surface area contributed by atoms with Crippen LogP contribution in [0.1, 0.15) is 5.56 Å². The molecule has 1 saturated heterocycles. The van der Waals surface area contributed by atoms with Crippen LogP contribution in [0, 0.1) is 0 Å². The highest BCUT2D eigenvalue weighted by molar-refractivity contribution is 5.76. The largest absolute Gasteiger partial charge is 0.395 e. The number of benzene rings is 1. The third-order valence-corrected chi connectivity index (χ3v) is 3.36. The van der Waals surface area contributed by atoms with E-state index in [0.717, 1.165) is 18.7 Å². The number of β-amino-alcohol motifs (C(OH)–C–C–N with tert-alkyl or cyclic N) is 1. The van der Waals surface area contributed by atoms with Crippen LogP contribution in [0.15, 0.2) is 36.5 Å². The van der Waals surface area contributed by atoms with Gasteiger partial charge in [-0.15, -0.1) is 0 Å². The van der Waals surface area contributed by atoms with Gasteiger partial charge in [0.25, 0.3) is 0 Å². The van der Waals surface area contributed by atoms with Crippen LogP contribution in [0.5, 0.6) is 0 Å². The van der Waals surface area contributed by atoms with Crippen LogP contribution in [0.4, 0.5) is 4.79 Å². The second kappa shape index (κ2) is 7.67. The zero-order chi connectivity index (χ0) is 14.2. The van der Waals surface area contributed by atoms with Crippen LogP contribution in [-0.2, 0) is 0 Å². The van der Waals surface area contributed by atoms with Crippen LogP contribution >= 0.6 is 0 Å². The molecule has 2 N–H and O–H groups in total. The Bertz CT molecular complexity index is 440. The third-order valence-electron chi connectivity index (χ3n) is 3.36. The molecule has 1 aromatic rings. The summed E-state index contributed by atoms with van der Waals surface area (Å²) in [6.45, 7) is 3.89. The minimum atomic E-state index is -0.0687. The average Bonchev–Trinajstić information content (AvgIpc) is 2.49. The number of carbonyl (C=O) groups is 1. The minimum absolute atomic E-state index is 0.0687. The molecule has 0 bridgehead atoms. The van der Waals surface area contributed by atoms with Gasteiger partial charge in [0.05, 0.1) is 6.61 Å². The maximum Gasteiger partial charge on any atom is 0.321 e. The Morgan fingerprint density at radius 1 is 1.20 bits per heavy atom. The van der Waals surface area contributed by atoms with E-state index in [0.29, 0.717) is 19.6 Å². The number of nitrogens with one attached hydrogen (secondary N) is 1. The van der Waals surface area contributed by atoms with Gasteiger partial charge in [0.1, 0.15) is 0 Å². The lowest BCUT2D eigenvalue weighted by Gasteiger charge is -2.33. The van der Waals surface area contributed by atoms with Gasteiger partial charge in [0.2, 0.25) is 0 Å². The first-order chi connectivity index (χ1) is 9.79. The predicted octanol–water partition coefficient (Wildman–Crippen LogP) is 0.977. The van der Waals surface area contributed by atoms with Gasteiger partial charge in [-0.1, -0.05) is 30.3 Å². The molecule has 0 unspecified atom stereocenters. The first-order valence-electron chi connectivity index (χ1n) is 6.90. The Hall–Kier alpha value is -1.85. The standard InChI is InChI=1S/C15H21N3O2/c19-13-12-17-8-10-18(11-9-17)15(20)16-7-6-14-4-2-1-3-5-14/h1-7,19H,8-13H2,(H,16,20)/b7-6+. The van der Waals surface area contributed by atoms with Crippen molar-refractivity contribution in [2.75, 3.05) is 39.3 Å². The number of aliphatic hydroxyl groups is 1. The monoisotopic (exact) mass is 275 g/mol. The zero-order valence-corrected chi connectivity index (χ0v) is 11.5. The van der Waals surface area contributed by atoms with E-state index in [2.05, 4.69) is 10.2 Å². The molecule has 0 saturated carbocycles. The van der Waals surface area contributed by atoms with Crippen molar-refractivity contribution in [2.24, 2.45) is 0 Å². The molecule has 5 nitrogen and oxygen atoms in total. The van der Waals surface area contributed by atoms with Gasteiger partial charge in [-0.2, -0.15) is 0 Å². The molecule has 5 heteroatoms. The maximum atomic E-state index is 11.9. The number of nitrogens with zero attached hydrogens (tertiary/aromatic N) is 2. The van der Waals surface area contributed by atoms with Crippen molar-refractivity contribution in [2.45, 2.75) is 0 Å². The molecule has 2 rings (SSSR count). The van der Waals surface area contributed by atoms with E-state index < -0.39 is 0 Å². The Labute approximate surface area is 119 Å². The lowest BCUT2D eigenvalue weighted by atomic mass is 10.2. The van der Waals surface area contributed by atoms with E-state index in [-0.39, 0.29) is 12.6 Å². The summed E-state index contributed by atoms with van der Waals surface area (Å²) >= 11 is 0. The molecule has 20 heavy (non-hydrogen) atoms. The van der Waals surface area contributed by atoms with Crippen molar-refractivity contribution < 1.29 is 9.90 Å². The smallest absolute Gasteiger partial charge is 0.321 e. The number of amides is 2. The van der Waals surface area contributed by atoms with Gasteiger partial charge < -0.3 is 15.3 Å². The van der Waals surface area contributed by atoms with Gasteiger partial charge in [-0.05, 0) is 11.6 Å². The van der Waals surface area contributed by atoms with Crippen molar-refractivity contribution in [3.05, 3.63) is 42.1 Å². The summed E-state index contributed by atoms with van der Waals surface area (Å²) in [5, 5.41) is 11.7. The molecular formula is C15H21N3O2. The second-order valence-corrected chi connectivity index (χ2v) is 4.75. The molecule has 1 aliphatic heterocycles. The minimum Gasteiger partial charge on any atom is -0.395 e. The summed E-state index contributed by atoms with van der Waals surface area (Å²) in [5.41, 5.74) is 1.06. The lowest BCUT2D eigenvalue weighted by Crippen LogP contribution is -2.51. The van der Waals surface area contributed by atoms with Gasteiger partial charge in [-0.25, -0.2) is 4.79 Å². The number of rotatable bonds is 4. The Balaban J connectivity index is 1.74. The van der Waals surface area contributed by atoms with E-state index in [9.17, 15) is 4.79 Å². The predicted molar refractivity (Wildman–Crippen MR) is 79.1 cm³/mol. The number of hydrogen-bond donors (Lipinski definition) is 2. The highest BCUT2D eigenvalue weighted by Gasteiger charge is 2.19. The highest BCUT2D eigenvalue weighted by atomic mass is 16.3. The molecule has 1 aliphatic rings. The molecule has 0 spiro atoms. The first kappa shape index (κ1) is 14.6. The summed E-state index contributed by atoms with van der Waals surface area (Å²) in [6.07, 6.45) is 3.55. The molecule has 0 aliphatic carbocycles. The first-order valence-corrected chi connectivity index (χ1v) is 6.90. The fraction of sp³-hybridized carbons (Fsp3) is 0.400. The zero-order valence-electron chi connectivity index (χ0n) is 11.5. The Kier molecular flexibility index (Phi) is 5.58. The van der Waals surface area contributed by atoms with Gasteiger partial charge in [-0.3, -0.25) is 4.90 Å². The molecule has 1 heterocycles. The molecule has 0 atom stereocenters. The van der Waals surface area contributed by atoms with Crippen LogP contribution in [0.3, 0.4) is 0 Å². The van der Waals surface area contributed by atoms with Crippen LogP contribution in [-0.4, -0.2) is 60.3 Å². The molecular weight excluding hydrogens is 254 g/mol. The lowest BCUT2D eigenvalue weighted by molar-refractivity contribution is 0.123. The molecule has 1 fully saturated rings. The van der Waals surface area contributed by atoms with Crippen molar-refractivity contribution in [3.8, 4) is 0 Å². The second-order valence-electron chi connectivity index (χ2n) is 4.75. The van der Waals surface area contributed by atoms with E-state index in [4.69, 9.17) is 5.11 Å². The molecule has 1 aromatic carbocycles. The summed E-state index contributed by atoms with van der Waals surface area (Å²) in [7, 11) is 0. The van der Waals surface area contributed by atoms with Crippen molar-refractivity contribution >= 4 is 12.1 Å². The molecule has 2 amide bonds. The normalized spacial score (nSPS) is 16.6. The van der Waals surface area contributed by atoms with E-state index in [1.165, 1.54) is 0 Å². The fourth-order valence-corrected chi connectivity index (χ4v) is 2.18. The summed E-state index contributed by atoms with van der Waals surface area (Å²) in [6, 6.07) is 9.78. The average molecular weight is 275 g/mol. The van der Waals surface area contributed by atoms with Crippen LogP contribution in [0.2, 0.25) is 0 Å². The van der Waals surface area contributed by atoms with Crippen molar-refractivity contribution in [3.63, 3.8) is 0 Å². The van der Waals surface area contributed by atoms with E-state index in [1.54, 1.807) is 11.1 Å². The summed E-state index contributed by atoms with van der Waals surface area (Å²) < 4.78 is 0. The van der Waals surface area contributed by atoms with Gasteiger partial charge >= 0.3 is 6.03 Å². The van der Waals surface area contributed by atoms with Gasteiger partial charge in [0, 0.05) is 38.9 Å². The number of aliphatic hydroxyl groups excluding tert-OH is 1. The summed E-state index contributed by atoms with van der Waals surface area (Å²) in [5.74, 6) is 0. The van der Waals surface area contributed by atoms with Crippen LogP contribution in [0.25, 0.3) is 6.08 Å². The maximum absolute atomic E-state index is 11.9. The number of urea groups is 1. The molecule has 108 valence electrons. The van der Waals surface area contributed by atoms with Crippen molar-refractivity contribution in [1.29, 1.82) is 0 Å². The quantitative estimate of drug-likeness (QED) is 0.861. The van der Waals surface area contributed by atoms with E-state index in [1.807, 2.05) is 36.4 Å². The van der Waals surface area contributed by atoms with E-state index >= 15 is 0 Å². The van der Waals surface area contributed by atoms with Crippen molar-refractivity contribution in [1.82, 2.24) is 15.1 Å². The van der Waals surface area contributed by atoms with Crippen LogP contribution < -0.4 is 5.32 Å². The fourth-order valence-electron chi connectivity index (χ4n) is 2.18. The Morgan fingerprint density at radius 3 is 2.55 bits per heavy atom. The number of piperazine rings is 1. The highest BCUT2D eigenvalue weighted by Crippen LogP contribution is 2.02. The molecule has 0 radical (unpaired) electrons. The summed E-state index contributed by atoms with van der Waals surface area (Å²) in [4.78, 5) is 15.9. The third kappa shape index (κ3) is 4.36.